The van der Waals surface area contributed by atoms with E-state index in [1.54, 1.807) is 17.2 Å². The minimum Gasteiger partial charge on any atom is -0.364 e. The molecule has 1 aromatic heterocycles. The van der Waals surface area contributed by atoms with Crippen molar-refractivity contribution in [2.24, 2.45) is 5.92 Å². The summed E-state index contributed by atoms with van der Waals surface area (Å²) in [6, 6.07) is 11.4. The smallest absolute Gasteiger partial charge is 0.357 e. The summed E-state index contributed by atoms with van der Waals surface area (Å²) in [6.45, 7) is 6.34. The fraction of sp³-hybridized carbons (Fsp3) is 0.421. The lowest BCUT2D eigenvalue weighted by atomic mass is 10.0. The Labute approximate surface area is 147 Å². The summed E-state index contributed by atoms with van der Waals surface area (Å²) in [7, 11) is 0. The van der Waals surface area contributed by atoms with Gasteiger partial charge >= 0.3 is 5.97 Å². The molecule has 0 N–H and O–H groups in total. The second-order valence-electron chi connectivity index (χ2n) is 6.95. The van der Waals surface area contributed by atoms with Crippen molar-refractivity contribution in [1.29, 1.82) is 0 Å². The lowest BCUT2D eigenvalue weighted by Gasteiger charge is -2.31. The van der Waals surface area contributed by atoms with Crippen LogP contribution in [0.4, 0.5) is 5.95 Å². The Morgan fingerprint density at radius 1 is 1.08 bits per heavy atom. The first kappa shape index (κ1) is 16.0. The van der Waals surface area contributed by atoms with Crippen LogP contribution in [0, 0.1) is 19.8 Å². The molecule has 0 spiro atoms. The quantitative estimate of drug-likeness (QED) is 0.856. The van der Waals surface area contributed by atoms with Gasteiger partial charge in [0.1, 0.15) is 0 Å². The first-order valence-corrected chi connectivity index (χ1v) is 8.70. The molecule has 0 saturated carbocycles. The Kier molecular flexibility index (Phi) is 4.13. The largest absolute Gasteiger partial charge is 0.364 e. The highest BCUT2D eigenvalue weighted by molar-refractivity contribution is 5.89. The van der Waals surface area contributed by atoms with Crippen molar-refractivity contribution in [1.82, 2.24) is 15.0 Å². The Hall–Kier alpha value is -2.47. The standard InChI is InChI=1S/C19H22N4O2/c1-13-8-14(2)21-19(20-13)23-11-15-9-17(23)12-22(10-15)25-18(24)16-6-4-3-5-7-16/h3-8,15,17H,9-12H2,1-2H3. The van der Waals surface area contributed by atoms with E-state index in [2.05, 4.69) is 14.9 Å². The Morgan fingerprint density at radius 3 is 2.52 bits per heavy atom. The summed E-state index contributed by atoms with van der Waals surface area (Å²) in [5.74, 6) is 0.962. The molecule has 2 fully saturated rings. The number of carbonyl (C=O) groups is 1. The molecule has 4 rings (SSSR count). The number of nitrogens with zero attached hydrogens (tertiary/aromatic N) is 4. The van der Waals surface area contributed by atoms with Gasteiger partial charge in [-0.1, -0.05) is 18.2 Å². The van der Waals surface area contributed by atoms with Gasteiger partial charge in [0.05, 0.1) is 12.1 Å². The number of anilines is 1. The van der Waals surface area contributed by atoms with Crippen LogP contribution in [-0.2, 0) is 4.84 Å². The molecular formula is C19H22N4O2. The van der Waals surface area contributed by atoms with Crippen molar-refractivity contribution >= 4 is 11.9 Å². The average molecular weight is 338 g/mol. The van der Waals surface area contributed by atoms with Crippen molar-refractivity contribution in [3.05, 3.63) is 53.3 Å². The van der Waals surface area contributed by atoms with E-state index in [1.807, 2.05) is 38.1 Å². The lowest BCUT2D eigenvalue weighted by molar-refractivity contribution is -0.126. The fourth-order valence-corrected chi connectivity index (χ4v) is 3.82. The van der Waals surface area contributed by atoms with Crippen LogP contribution < -0.4 is 4.90 Å². The average Bonchev–Trinajstić information content (AvgIpc) is 2.89. The SMILES string of the molecule is Cc1cc(C)nc(N2CC3CC2CN(OC(=O)c2ccccc2)C3)n1. The lowest BCUT2D eigenvalue weighted by Crippen LogP contribution is -2.43. The third kappa shape index (κ3) is 3.35. The van der Waals surface area contributed by atoms with Crippen LogP contribution >= 0.6 is 0 Å². The number of benzene rings is 1. The van der Waals surface area contributed by atoms with Gasteiger partial charge in [0.15, 0.2) is 0 Å². The predicted octanol–water partition coefficient (Wildman–Crippen LogP) is 2.38. The number of fused-ring (bicyclic) bond motifs is 2. The minimum absolute atomic E-state index is 0.281. The van der Waals surface area contributed by atoms with Crippen LogP contribution in [0.1, 0.15) is 28.2 Å². The first-order chi connectivity index (χ1) is 12.1. The van der Waals surface area contributed by atoms with Crippen molar-refractivity contribution in [3.8, 4) is 0 Å². The normalized spacial score (nSPS) is 22.9. The van der Waals surface area contributed by atoms with Crippen LogP contribution in [0.5, 0.6) is 0 Å². The third-order valence-electron chi connectivity index (χ3n) is 4.83. The summed E-state index contributed by atoms with van der Waals surface area (Å²) in [5, 5.41) is 1.80. The fourth-order valence-electron chi connectivity index (χ4n) is 3.82. The molecule has 2 aliphatic heterocycles. The molecule has 2 saturated heterocycles. The van der Waals surface area contributed by atoms with Crippen LogP contribution in [0.3, 0.4) is 0 Å². The summed E-state index contributed by atoms with van der Waals surface area (Å²) < 4.78 is 0. The van der Waals surface area contributed by atoms with Gasteiger partial charge in [-0.05, 0) is 44.4 Å². The number of aryl methyl sites for hydroxylation is 2. The highest BCUT2D eigenvalue weighted by Gasteiger charge is 2.41. The molecular weight excluding hydrogens is 316 g/mol. The van der Waals surface area contributed by atoms with E-state index < -0.39 is 0 Å². The van der Waals surface area contributed by atoms with Crippen LogP contribution in [0.15, 0.2) is 36.4 Å². The number of piperidine rings is 1. The van der Waals surface area contributed by atoms with Crippen molar-refractivity contribution < 1.29 is 9.63 Å². The molecule has 130 valence electrons. The molecule has 2 bridgehead atoms. The molecule has 6 heteroatoms. The zero-order valence-electron chi connectivity index (χ0n) is 14.6. The number of carbonyl (C=O) groups excluding carboxylic acids is 1. The Balaban J connectivity index is 1.46. The van der Waals surface area contributed by atoms with Crippen LogP contribution in [-0.4, -0.2) is 46.7 Å². The molecule has 0 amide bonds. The van der Waals surface area contributed by atoms with Gasteiger partial charge < -0.3 is 9.74 Å². The van der Waals surface area contributed by atoms with Crippen LogP contribution in [0.25, 0.3) is 0 Å². The molecule has 0 radical (unpaired) electrons. The number of hydroxylamine groups is 2. The minimum atomic E-state index is -0.295. The molecule has 2 aliphatic rings. The molecule has 3 heterocycles. The maximum atomic E-state index is 12.3. The van der Waals surface area contributed by atoms with Crippen molar-refractivity contribution in [2.45, 2.75) is 26.3 Å². The first-order valence-electron chi connectivity index (χ1n) is 8.70. The summed E-state index contributed by atoms with van der Waals surface area (Å²) in [4.78, 5) is 29.4. The van der Waals surface area contributed by atoms with E-state index >= 15 is 0 Å². The van der Waals surface area contributed by atoms with E-state index in [1.165, 1.54) is 0 Å². The van der Waals surface area contributed by atoms with Gasteiger partial charge in [-0.2, -0.15) is 0 Å². The maximum absolute atomic E-state index is 12.3. The van der Waals surface area contributed by atoms with Crippen LogP contribution in [0.2, 0.25) is 0 Å². The number of hydrogen-bond acceptors (Lipinski definition) is 6. The van der Waals surface area contributed by atoms with E-state index in [9.17, 15) is 4.79 Å². The Bertz CT molecular complexity index is 760. The zero-order chi connectivity index (χ0) is 17.4. The molecule has 2 unspecified atom stereocenters. The van der Waals surface area contributed by atoms with Gasteiger partial charge in [0, 0.05) is 30.5 Å². The van der Waals surface area contributed by atoms with Gasteiger partial charge in [-0.15, -0.1) is 5.06 Å². The highest BCUT2D eigenvalue weighted by Crippen LogP contribution is 2.32. The second kappa shape index (κ2) is 6.44. The molecule has 0 aliphatic carbocycles. The summed E-state index contributed by atoms with van der Waals surface area (Å²) in [5.41, 5.74) is 2.54. The summed E-state index contributed by atoms with van der Waals surface area (Å²) in [6.07, 6.45) is 1.09. The molecule has 6 nitrogen and oxygen atoms in total. The van der Waals surface area contributed by atoms with E-state index in [0.717, 1.165) is 36.8 Å². The van der Waals surface area contributed by atoms with E-state index in [-0.39, 0.29) is 12.0 Å². The van der Waals surface area contributed by atoms with Crippen molar-refractivity contribution in [3.63, 3.8) is 0 Å². The van der Waals surface area contributed by atoms with E-state index in [0.29, 0.717) is 18.0 Å². The monoisotopic (exact) mass is 338 g/mol. The maximum Gasteiger partial charge on any atom is 0.357 e. The van der Waals surface area contributed by atoms with Gasteiger partial charge in [0.2, 0.25) is 5.95 Å². The van der Waals surface area contributed by atoms with Gasteiger partial charge in [-0.25, -0.2) is 14.8 Å². The third-order valence-corrected chi connectivity index (χ3v) is 4.83. The topological polar surface area (TPSA) is 58.6 Å². The summed E-state index contributed by atoms with van der Waals surface area (Å²) >= 11 is 0. The molecule has 2 aromatic rings. The molecule has 1 aromatic carbocycles. The number of aromatic nitrogens is 2. The predicted molar refractivity (Wildman–Crippen MR) is 94.2 cm³/mol. The zero-order valence-corrected chi connectivity index (χ0v) is 14.6. The van der Waals surface area contributed by atoms with Gasteiger partial charge in [-0.3, -0.25) is 0 Å². The molecule has 25 heavy (non-hydrogen) atoms. The Morgan fingerprint density at radius 2 is 1.80 bits per heavy atom. The molecule has 2 atom stereocenters. The highest BCUT2D eigenvalue weighted by atomic mass is 16.7. The second-order valence-corrected chi connectivity index (χ2v) is 6.95. The van der Waals surface area contributed by atoms with Gasteiger partial charge in [0.25, 0.3) is 0 Å². The number of hydrogen-bond donors (Lipinski definition) is 0. The number of rotatable bonds is 3. The van der Waals surface area contributed by atoms with E-state index in [4.69, 9.17) is 4.84 Å². The van der Waals surface area contributed by atoms with Crippen molar-refractivity contribution in [2.75, 3.05) is 24.5 Å².